The minimum atomic E-state index is -0.330. The molecular weight excluding hydrogens is 178 g/mol. The molecule has 0 aromatic heterocycles. The molecule has 0 aliphatic heterocycles. The van der Waals surface area contributed by atoms with Crippen LogP contribution in [0.4, 0.5) is 0 Å². The van der Waals surface area contributed by atoms with Gasteiger partial charge in [0.05, 0.1) is 12.3 Å². The zero-order valence-corrected chi connectivity index (χ0v) is 8.53. The van der Waals surface area contributed by atoms with Gasteiger partial charge in [0, 0.05) is 0 Å². The summed E-state index contributed by atoms with van der Waals surface area (Å²) in [4.78, 5) is 0. The number of benzene rings is 1. The second kappa shape index (κ2) is 4.95. The summed E-state index contributed by atoms with van der Waals surface area (Å²) in [5, 5.41) is 0. The lowest BCUT2D eigenvalue weighted by molar-refractivity contribution is 0.242. The van der Waals surface area contributed by atoms with Crippen LogP contribution in [0.25, 0.3) is 0 Å². The fourth-order valence-electron chi connectivity index (χ4n) is 1.12. The second-order valence-corrected chi connectivity index (χ2v) is 3.38. The van der Waals surface area contributed by atoms with E-state index in [-0.39, 0.29) is 12.3 Å². The average Bonchev–Trinajstić information content (AvgIpc) is 2.17. The summed E-state index contributed by atoms with van der Waals surface area (Å²) in [5.74, 6) is 6.06. The van der Waals surface area contributed by atoms with Gasteiger partial charge in [-0.25, -0.2) is 5.43 Å². The summed E-state index contributed by atoms with van der Waals surface area (Å²) in [7, 11) is 0. The van der Waals surface area contributed by atoms with E-state index in [1.807, 2.05) is 38.1 Å². The lowest BCUT2D eigenvalue weighted by atomic mass is 10.2. The molecule has 1 unspecified atom stereocenters. The Hall–Kier alpha value is -1.10. The van der Waals surface area contributed by atoms with E-state index >= 15 is 0 Å². The highest BCUT2D eigenvalue weighted by molar-refractivity contribution is 5.28. The van der Waals surface area contributed by atoms with E-state index in [1.165, 1.54) is 0 Å². The summed E-state index contributed by atoms with van der Waals surface area (Å²) >= 11 is 0. The van der Waals surface area contributed by atoms with Crippen molar-refractivity contribution in [3.63, 3.8) is 0 Å². The fraction of sp³-hybridized carbons (Fsp3) is 0.400. The normalized spacial score (nSPS) is 12.9. The van der Waals surface area contributed by atoms with Crippen molar-refractivity contribution in [1.29, 1.82) is 0 Å². The molecular formula is C10H17N3O. The van der Waals surface area contributed by atoms with Gasteiger partial charge in [-0.2, -0.15) is 0 Å². The third-order valence-electron chi connectivity index (χ3n) is 1.79. The molecule has 1 rings (SSSR count). The van der Waals surface area contributed by atoms with Crippen LogP contribution in [0.1, 0.15) is 25.6 Å². The molecule has 1 aromatic rings. The van der Waals surface area contributed by atoms with Crippen molar-refractivity contribution in [1.82, 2.24) is 5.43 Å². The van der Waals surface area contributed by atoms with E-state index in [0.717, 1.165) is 11.3 Å². The second-order valence-electron chi connectivity index (χ2n) is 3.38. The molecule has 1 aromatic carbocycles. The van der Waals surface area contributed by atoms with Crippen LogP contribution >= 0.6 is 0 Å². The lowest BCUT2D eigenvalue weighted by Crippen LogP contribution is -2.33. The maximum atomic E-state index is 5.67. The Morgan fingerprint density at radius 3 is 2.21 bits per heavy atom. The first-order chi connectivity index (χ1) is 6.63. The van der Waals surface area contributed by atoms with Crippen LogP contribution in [0.2, 0.25) is 0 Å². The summed E-state index contributed by atoms with van der Waals surface area (Å²) in [6.45, 7) is 3.97. The molecule has 14 heavy (non-hydrogen) atoms. The van der Waals surface area contributed by atoms with Gasteiger partial charge in [-0.3, -0.25) is 5.84 Å². The molecule has 0 saturated carbocycles. The number of nitrogens with one attached hydrogen (secondary N) is 1. The number of rotatable bonds is 4. The maximum Gasteiger partial charge on any atom is 0.119 e. The number of hydrazine groups is 1. The van der Waals surface area contributed by atoms with E-state index in [1.54, 1.807) is 0 Å². The van der Waals surface area contributed by atoms with Crippen molar-refractivity contribution in [2.45, 2.75) is 26.1 Å². The van der Waals surface area contributed by atoms with E-state index in [9.17, 15) is 0 Å². The first-order valence-electron chi connectivity index (χ1n) is 4.62. The van der Waals surface area contributed by atoms with Crippen LogP contribution < -0.4 is 21.7 Å². The quantitative estimate of drug-likeness (QED) is 0.379. The lowest BCUT2D eigenvalue weighted by Gasteiger charge is -2.12. The van der Waals surface area contributed by atoms with Crippen LogP contribution in [-0.4, -0.2) is 6.10 Å². The maximum absolute atomic E-state index is 5.67. The molecule has 0 heterocycles. The van der Waals surface area contributed by atoms with Gasteiger partial charge in [-0.15, -0.1) is 0 Å². The monoisotopic (exact) mass is 195 g/mol. The minimum absolute atomic E-state index is 0.183. The third-order valence-corrected chi connectivity index (χ3v) is 1.79. The molecule has 4 nitrogen and oxygen atoms in total. The van der Waals surface area contributed by atoms with Gasteiger partial charge < -0.3 is 10.5 Å². The van der Waals surface area contributed by atoms with Crippen molar-refractivity contribution >= 4 is 0 Å². The standard InChI is InChI=1S/C10H17N3O/c1-7(2)14-9-5-3-8(4-6-9)10(11)13-12/h3-7,10,13H,11-12H2,1-2H3. The third kappa shape index (κ3) is 2.99. The van der Waals surface area contributed by atoms with E-state index < -0.39 is 0 Å². The van der Waals surface area contributed by atoms with Crippen LogP contribution in [0.3, 0.4) is 0 Å². The molecule has 5 N–H and O–H groups in total. The van der Waals surface area contributed by atoms with Gasteiger partial charge in [0.25, 0.3) is 0 Å². The highest BCUT2D eigenvalue weighted by Crippen LogP contribution is 2.15. The highest BCUT2D eigenvalue weighted by Gasteiger charge is 2.03. The Morgan fingerprint density at radius 2 is 1.79 bits per heavy atom. The topological polar surface area (TPSA) is 73.3 Å². The number of ether oxygens (including phenoxy) is 1. The Bertz CT molecular complexity index is 271. The van der Waals surface area contributed by atoms with Crippen LogP contribution in [-0.2, 0) is 0 Å². The van der Waals surface area contributed by atoms with Crippen molar-refractivity contribution < 1.29 is 4.74 Å². The molecule has 0 aliphatic rings. The average molecular weight is 195 g/mol. The molecule has 0 aliphatic carbocycles. The number of hydrogen-bond acceptors (Lipinski definition) is 4. The van der Waals surface area contributed by atoms with Crippen molar-refractivity contribution in [2.75, 3.05) is 0 Å². The molecule has 0 saturated heterocycles. The Morgan fingerprint density at radius 1 is 1.21 bits per heavy atom. The van der Waals surface area contributed by atoms with Gasteiger partial charge in [0.2, 0.25) is 0 Å². The van der Waals surface area contributed by atoms with Crippen LogP contribution in [0.15, 0.2) is 24.3 Å². The van der Waals surface area contributed by atoms with Crippen molar-refractivity contribution in [3.8, 4) is 5.75 Å². The SMILES string of the molecule is CC(C)Oc1ccc(C(N)NN)cc1. The zero-order chi connectivity index (χ0) is 10.6. The van der Waals surface area contributed by atoms with E-state index in [0.29, 0.717) is 0 Å². The first-order valence-corrected chi connectivity index (χ1v) is 4.62. The van der Waals surface area contributed by atoms with Crippen LogP contribution in [0.5, 0.6) is 5.75 Å². The Labute approximate surface area is 84.2 Å². The molecule has 0 bridgehead atoms. The highest BCUT2D eigenvalue weighted by atomic mass is 16.5. The zero-order valence-electron chi connectivity index (χ0n) is 8.53. The summed E-state index contributed by atoms with van der Waals surface area (Å²) in [6.07, 6.45) is -0.148. The van der Waals surface area contributed by atoms with Crippen molar-refractivity contribution in [3.05, 3.63) is 29.8 Å². The molecule has 1 atom stereocenters. The molecule has 0 spiro atoms. The molecule has 78 valence electrons. The predicted molar refractivity (Wildman–Crippen MR) is 56.5 cm³/mol. The smallest absolute Gasteiger partial charge is 0.119 e. The van der Waals surface area contributed by atoms with E-state index in [4.69, 9.17) is 16.3 Å². The summed E-state index contributed by atoms with van der Waals surface area (Å²) in [6, 6.07) is 7.55. The summed E-state index contributed by atoms with van der Waals surface area (Å²) in [5.41, 5.74) is 9.08. The van der Waals surface area contributed by atoms with Gasteiger partial charge in [0.1, 0.15) is 5.75 Å². The van der Waals surface area contributed by atoms with Crippen LogP contribution in [0, 0.1) is 0 Å². The van der Waals surface area contributed by atoms with Gasteiger partial charge >= 0.3 is 0 Å². The number of hydrogen-bond donors (Lipinski definition) is 3. The van der Waals surface area contributed by atoms with Crippen molar-refractivity contribution in [2.24, 2.45) is 11.6 Å². The minimum Gasteiger partial charge on any atom is -0.491 e. The molecule has 4 heteroatoms. The number of nitrogens with two attached hydrogens (primary N) is 2. The largest absolute Gasteiger partial charge is 0.491 e. The van der Waals surface area contributed by atoms with Gasteiger partial charge in [0.15, 0.2) is 0 Å². The fourth-order valence-corrected chi connectivity index (χ4v) is 1.12. The molecule has 0 fully saturated rings. The Kier molecular flexibility index (Phi) is 3.88. The van der Waals surface area contributed by atoms with Gasteiger partial charge in [-0.1, -0.05) is 12.1 Å². The van der Waals surface area contributed by atoms with E-state index in [2.05, 4.69) is 5.43 Å². The summed E-state index contributed by atoms with van der Waals surface area (Å²) < 4.78 is 5.49. The molecule has 0 radical (unpaired) electrons. The first kappa shape index (κ1) is 11.0. The molecule has 0 amide bonds. The predicted octanol–water partition coefficient (Wildman–Crippen LogP) is 0.894. The Balaban J connectivity index is 2.68. The van der Waals surface area contributed by atoms with Gasteiger partial charge in [-0.05, 0) is 31.5 Å².